The molecule has 0 heterocycles. The molecule has 0 aliphatic carbocycles. The fourth-order valence-corrected chi connectivity index (χ4v) is 2.47. The van der Waals surface area contributed by atoms with Crippen LogP contribution in [0, 0.1) is 0 Å². The first kappa shape index (κ1) is 18.0. The second kappa shape index (κ2) is 9.80. The van der Waals surface area contributed by atoms with E-state index in [4.69, 9.17) is 4.74 Å². The minimum absolute atomic E-state index is 0.491. The van der Waals surface area contributed by atoms with Crippen LogP contribution in [0.5, 0.6) is 5.75 Å². The summed E-state index contributed by atoms with van der Waals surface area (Å²) in [5.41, 5.74) is 0.893. The summed E-state index contributed by atoms with van der Waals surface area (Å²) in [6, 6.07) is 8.29. The van der Waals surface area contributed by atoms with Gasteiger partial charge in [-0.1, -0.05) is 38.5 Å². The number of para-hydroxylation sites is 1. The first-order valence-electron chi connectivity index (χ1n) is 8.27. The summed E-state index contributed by atoms with van der Waals surface area (Å²) < 4.78 is 5.63. The van der Waals surface area contributed by atoms with Crippen LogP contribution in [-0.2, 0) is 0 Å². The lowest BCUT2D eigenvalue weighted by Crippen LogP contribution is -2.37. The highest BCUT2D eigenvalue weighted by molar-refractivity contribution is 5.35. The minimum Gasteiger partial charge on any atom is -0.493 e. The van der Waals surface area contributed by atoms with Gasteiger partial charge in [-0.05, 0) is 39.3 Å². The maximum atomic E-state index is 10.6. The van der Waals surface area contributed by atoms with Crippen LogP contribution >= 0.6 is 0 Å². The molecule has 0 saturated heterocycles. The van der Waals surface area contributed by atoms with Crippen LogP contribution < -0.4 is 4.74 Å². The van der Waals surface area contributed by atoms with E-state index >= 15 is 0 Å². The molecule has 0 bridgehead atoms. The van der Waals surface area contributed by atoms with E-state index in [9.17, 15) is 5.11 Å². The van der Waals surface area contributed by atoms with Crippen molar-refractivity contribution in [3.63, 3.8) is 0 Å². The Kier molecular flexibility index (Phi) is 8.40. The molecule has 0 aliphatic rings. The van der Waals surface area contributed by atoms with Crippen molar-refractivity contribution in [2.45, 2.75) is 59.1 Å². The molecule has 1 rings (SSSR count). The van der Waals surface area contributed by atoms with Crippen molar-refractivity contribution in [2.75, 3.05) is 19.7 Å². The van der Waals surface area contributed by atoms with Gasteiger partial charge in [0.1, 0.15) is 5.75 Å². The zero-order valence-electron chi connectivity index (χ0n) is 14.0. The molecular formula is C18H31NO2. The summed E-state index contributed by atoms with van der Waals surface area (Å²) in [6.07, 6.45) is 2.95. The molecule has 0 aromatic heterocycles. The van der Waals surface area contributed by atoms with Gasteiger partial charge in [-0.3, -0.25) is 4.90 Å². The smallest absolute Gasteiger partial charge is 0.125 e. The molecule has 2 atom stereocenters. The number of aliphatic hydroxyl groups excluding tert-OH is 1. The van der Waals surface area contributed by atoms with Crippen molar-refractivity contribution < 1.29 is 9.84 Å². The van der Waals surface area contributed by atoms with Crippen molar-refractivity contribution in [3.8, 4) is 5.75 Å². The Balaban J connectivity index is 2.78. The van der Waals surface area contributed by atoms with Gasteiger partial charge < -0.3 is 9.84 Å². The van der Waals surface area contributed by atoms with Gasteiger partial charge in [0.25, 0.3) is 0 Å². The number of rotatable bonds is 10. The lowest BCUT2D eigenvalue weighted by atomic mass is 10.1. The Morgan fingerprint density at radius 2 is 1.90 bits per heavy atom. The van der Waals surface area contributed by atoms with Gasteiger partial charge in [-0.15, -0.1) is 0 Å². The predicted octanol–water partition coefficient (Wildman–Crippen LogP) is 4.02. The fourth-order valence-electron chi connectivity index (χ4n) is 2.47. The van der Waals surface area contributed by atoms with E-state index in [2.05, 4.69) is 25.7 Å². The molecule has 120 valence electrons. The number of benzene rings is 1. The molecule has 0 fully saturated rings. The zero-order chi connectivity index (χ0) is 15.7. The van der Waals surface area contributed by atoms with Gasteiger partial charge in [0.2, 0.25) is 0 Å². The molecule has 0 spiro atoms. The number of hydrogen-bond acceptors (Lipinski definition) is 3. The lowest BCUT2D eigenvalue weighted by Gasteiger charge is -2.30. The third-order valence-corrected chi connectivity index (χ3v) is 4.00. The summed E-state index contributed by atoms with van der Waals surface area (Å²) in [5, 5.41) is 10.6. The van der Waals surface area contributed by atoms with E-state index in [0.717, 1.165) is 24.3 Å². The van der Waals surface area contributed by atoms with E-state index in [0.29, 0.717) is 19.2 Å². The van der Waals surface area contributed by atoms with Crippen molar-refractivity contribution in [2.24, 2.45) is 0 Å². The second-order valence-electron chi connectivity index (χ2n) is 5.59. The first-order valence-corrected chi connectivity index (χ1v) is 8.27. The van der Waals surface area contributed by atoms with E-state index in [-0.39, 0.29) is 0 Å². The van der Waals surface area contributed by atoms with Gasteiger partial charge in [0.05, 0.1) is 12.7 Å². The van der Waals surface area contributed by atoms with Crippen LogP contribution in [0.4, 0.5) is 0 Å². The third-order valence-electron chi connectivity index (χ3n) is 4.00. The largest absolute Gasteiger partial charge is 0.493 e. The molecule has 21 heavy (non-hydrogen) atoms. The van der Waals surface area contributed by atoms with Crippen molar-refractivity contribution in [1.29, 1.82) is 0 Å². The Morgan fingerprint density at radius 3 is 2.52 bits per heavy atom. The van der Waals surface area contributed by atoms with Crippen molar-refractivity contribution >= 4 is 0 Å². The maximum Gasteiger partial charge on any atom is 0.125 e. The topological polar surface area (TPSA) is 32.7 Å². The number of unbranched alkanes of at least 4 members (excludes halogenated alkanes) is 1. The molecule has 1 aromatic rings. The van der Waals surface area contributed by atoms with Gasteiger partial charge in [-0.25, -0.2) is 0 Å². The summed E-state index contributed by atoms with van der Waals surface area (Å²) in [5.74, 6) is 0.798. The monoisotopic (exact) mass is 293 g/mol. The highest BCUT2D eigenvalue weighted by atomic mass is 16.5. The van der Waals surface area contributed by atoms with Gasteiger partial charge in [-0.2, -0.15) is 0 Å². The minimum atomic E-state index is -0.501. The van der Waals surface area contributed by atoms with Crippen LogP contribution in [-0.4, -0.2) is 35.7 Å². The fraction of sp³-hybridized carbons (Fsp3) is 0.667. The van der Waals surface area contributed by atoms with Crippen LogP contribution in [0.3, 0.4) is 0 Å². The Morgan fingerprint density at radius 1 is 1.19 bits per heavy atom. The number of aliphatic hydroxyl groups is 1. The average Bonchev–Trinajstić information content (AvgIpc) is 2.51. The molecular weight excluding hydrogens is 262 g/mol. The van der Waals surface area contributed by atoms with E-state index in [1.807, 2.05) is 31.2 Å². The van der Waals surface area contributed by atoms with E-state index in [1.165, 1.54) is 12.8 Å². The van der Waals surface area contributed by atoms with E-state index in [1.54, 1.807) is 0 Å². The average molecular weight is 293 g/mol. The molecule has 0 amide bonds. The van der Waals surface area contributed by atoms with Crippen molar-refractivity contribution in [3.05, 3.63) is 29.8 Å². The van der Waals surface area contributed by atoms with Gasteiger partial charge in [0.15, 0.2) is 0 Å². The molecule has 0 aliphatic heterocycles. The standard InChI is InChI=1S/C18H31NO2/c1-5-8-13-19(15(4)6-2)14-17(20)16-11-9-10-12-18(16)21-7-3/h9-12,15,17,20H,5-8,13-14H2,1-4H3. The zero-order valence-corrected chi connectivity index (χ0v) is 14.0. The molecule has 0 radical (unpaired) electrons. The summed E-state index contributed by atoms with van der Waals surface area (Å²) in [7, 11) is 0. The summed E-state index contributed by atoms with van der Waals surface area (Å²) in [6.45, 7) is 10.9. The van der Waals surface area contributed by atoms with Crippen molar-refractivity contribution in [1.82, 2.24) is 4.90 Å². The first-order chi connectivity index (χ1) is 10.1. The van der Waals surface area contributed by atoms with Crippen LogP contribution in [0.25, 0.3) is 0 Å². The summed E-state index contributed by atoms with van der Waals surface area (Å²) >= 11 is 0. The van der Waals surface area contributed by atoms with Crippen LogP contribution in [0.2, 0.25) is 0 Å². The van der Waals surface area contributed by atoms with Gasteiger partial charge in [0, 0.05) is 18.2 Å². The highest BCUT2D eigenvalue weighted by Gasteiger charge is 2.19. The second-order valence-corrected chi connectivity index (χ2v) is 5.59. The normalized spacial score (nSPS) is 14.2. The molecule has 3 nitrogen and oxygen atoms in total. The Hall–Kier alpha value is -1.06. The SMILES string of the molecule is CCCCN(CC(O)c1ccccc1OCC)C(C)CC. The van der Waals surface area contributed by atoms with E-state index < -0.39 is 6.10 Å². The quantitative estimate of drug-likeness (QED) is 0.707. The van der Waals surface area contributed by atoms with Gasteiger partial charge >= 0.3 is 0 Å². The Bertz CT molecular complexity index is 395. The Labute approximate surface area is 129 Å². The van der Waals surface area contributed by atoms with Crippen LogP contribution in [0.15, 0.2) is 24.3 Å². The predicted molar refractivity (Wildman–Crippen MR) is 88.8 cm³/mol. The van der Waals surface area contributed by atoms with Crippen LogP contribution in [0.1, 0.15) is 58.6 Å². The highest BCUT2D eigenvalue weighted by Crippen LogP contribution is 2.26. The number of nitrogens with zero attached hydrogens (tertiary/aromatic N) is 1. The molecule has 3 heteroatoms. The molecule has 1 N–H and O–H groups in total. The maximum absolute atomic E-state index is 10.6. The molecule has 1 aromatic carbocycles. The molecule has 2 unspecified atom stereocenters. The summed E-state index contributed by atoms with van der Waals surface area (Å²) in [4.78, 5) is 2.39. The molecule has 0 saturated carbocycles. The number of ether oxygens (including phenoxy) is 1. The lowest BCUT2D eigenvalue weighted by molar-refractivity contribution is 0.0865. The third kappa shape index (κ3) is 5.68. The number of hydrogen-bond donors (Lipinski definition) is 1.